The van der Waals surface area contributed by atoms with Crippen molar-refractivity contribution in [3.8, 4) is 0 Å². The third-order valence-corrected chi connectivity index (χ3v) is 5.82. The lowest BCUT2D eigenvalue weighted by molar-refractivity contribution is -0.127. The summed E-state index contributed by atoms with van der Waals surface area (Å²) in [6.45, 7) is 3.99. The summed E-state index contributed by atoms with van der Waals surface area (Å²) >= 11 is 1.68. The van der Waals surface area contributed by atoms with Gasteiger partial charge in [-0.2, -0.15) is 0 Å². The van der Waals surface area contributed by atoms with E-state index in [2.05, 4.69) is 22.5 Å². The van der Waals surface area contributed by atoms with Crippen LogP contribution in [-0.4, -0.2) is 24.0 Å². The fourth-order valence-corrected chi connectivity index (χ4v) is 4.65. The number of rotatable bonds is 4. The average Bonchev–Trinajstić information content (AvgIpc) is 2.90. The summed E-state index contributed by atoms with van der Waals surface area (Å²) in [5, 5.41) is 7.33. The molecular formula is C16H25N3OS. The maximum atomic E-state index is 12.8. The van der Waals surface area contributed by atoms with Gasteiger partial charge in [-0.05, 0) is 51.5 Å². The monoisotopic (exact) mass is 307 g/mol. The van der Waals surface area contributed by atoms with Gasteiger partial charge >= 0.3 is 0 Å². The van der Waals surface area contributed by atoms with Crippen LogP contribution in [0.25, 0.3) is 0 Å². The van der Waals surface area contributed by atoms with Crippen LogP contribution in [0.3, 0.4) is 0 Å². The Morgan fingerprint density at radius 1 is 1.38 bits per heavy atom. The number of aromatic nitrogens is 1. The van der Waals surface area contributed by atoms with Gasteiger partial charge in [-0.3, -0.25) is 4.79 Å². The third-order valence-electron chi connectivity index (χ3n) is 4.75. The van der Waals surface area contributed by atoms with Gasteiger partial charge in [0.1, 0.15) is 0 Å². The Bertz CT molecular complexity index is 477. The molecule has 1 amide bonds. The molecule has 4 nitrogen and oxygen atoms in total. The van der Waals surface area contributed by atoms with Crippen LogP contribution in [0.5, 0.6) is 0 Å². The minimum atomic E-state index is -0.237. The van der Waals surface area contributed by atoms with Crippen LogP contribution >= 0.6 is 11.3 Å². The van der Waals surface area contributed by atoms with Gasteiger partial charge in [-0.1, -0.05) is 13.3 Å². The zero-order valence-electron chi connectivity index (χ0n) is 12.8. The first-order valence-electron chi connectivity index (χ1n) is 8.24. The highest BCUT2D eigenvalue weighted by molar-refractivity contribution is 7.15. The summed E-state index contributed by atoms with van der Waals surface area (Å²) in [5.74, 6) is 0.169. The van der Waals surface area contributed by atoms with E-state index in [0.29, 0.717) is 0 Å². The van der Waals surface area contributed by atoms with E-state index in [1.807, 2.05) is 0 Å². The van der Waals surface area contributed by atoms with Crippen molar-refractivity contribution >= 4 is 22.4 Å². The molecule has 0 saturated carbocycles. The molecule has 1 aromatic heterocycles. The summed E-state index contributed by atoms with van der Waals surface area (Å²) in [6, 6.07) is 0. The summed E-state index contributed by atoms with van der Waals surface area (Å²) in [6.07, 6.45) is 8.76. The van der Waals surface area contributed by atoms with Gasteiger partial charge in [0.05, 0.1) is 11.1 Å². The fourth-order valence-electron chi connectivity index (χ4n) is 3.60. The molecule has 1 aromatic rings. The van der Waals surface area contributed by atoms with Crippen molar-refractivity contribution in [1.29, 1.82) is 0 Å². The predicted octanol–water partition coefficient (Wildman–Crippen LogP) is 3.13. The van der Waals surface area contributed by atoms with E-state index < -0.39 is 0 Å². The quantitative estimate of drug-likeness (QED) is 0.898. The normalized spacial score (nSPS) is 25.4. The van der Waals surface area contributed by atoms with Crippen molar-refractivity contribution < 1.29 is 4.79 Å². The molecule has 2 heterocycles. The molecule has 1 aliphatic carbocycles. The molecule has 1 atom stereocenters. The molecule has 2 N–H and O–H groups in total. The van der Waals surface area contributed by atoms with Gasteiger partial charge in [0, 0.05) is 11.4 Å². The zero-order chi connectivity index (χ0) is 14.7. The van der Waals surface area contributed by atoms with Crippen molar-refractivity contribution in [3.63, 3.8) is 0 Å². The first-order valence-corrected chi connectivity index (χ1v) is 9.06. The highest BCUT2D eigenvalue weighted by Crippen LogP contribution is 2.35. The summed E-state index contributed by atoms with van der Waals surface area (Å²) in [5.41, 5.74) is 0.979. The molecule has 116 valence electrons. The summed E-state index contributed by atoms with van der Waals surface area (Å²) in [7, 11) is 0. The SMILES string of the molecule is CCCC1(C(=O)Nc2nc3c(s2)CCCC3)CCCNC1. The number of nitrogens with zero attached hydrogens (tertiary/aromatic N) is 1. The Morgan fingerprint density at radius 2 is 2.24 bits per heavy atom. The van der Waals surface area contributed by atoms with Crippen LogP contribution in [0.4, 0.5) is 5.13 Å². The van der Waals surface area contributed by atoms with Gasteiger partial charge in [0.15, 0.2) is 5.13 Å². The zero-order valence-corrected chi connectivity index (χ0v) is 13.7. The number of carbonyl (C=O) groups is 1. The number of hydrogen-bond acceptors (Lipinski definition) is 4. The number of nitrogens with one attached hydrogen (secondary N) is 2. The van der Waals surface area contributed by atoms with Crippen LogP contribution in [0.15, 0.2) is 0 Å². The molecule has 21 heavy (non-hydrogen) atoms. The van der Waals surface area contributed by atoms with E-state index in [4.69, 9.17) is 0 Å². The molecule has 0 bridgehead atoms. The summed E-state index contributed by atoms with van der Waals surface area (Å²) < 4.78 is 0. The number of aryl methyl sites for hydroxylation is 2. The molecular weight excluding hydrogens is 282 g/mol. The average molecular weight is 307 g/mol. The van der Waals surface area contributed by atoms with Crippen molar-refractivity contribution in [2.24, 2.45) is 5.41 Å². The number of amides is 1. The Morgan fingerprint density at radius 3 is 2.95 bits per heavy atom. The number of anilines is 1. The molecule has 1 fully saturated rings. The Hall–Kier alpha value is -0.940. The lowest BCUT2D eigenvalue weighted by atomic mass is 9.76. The Labute approximate surface area is 130 Å². The molecule has 3 rings (SSSR count). The molecule has 5 heteroatoms. The maximum Gasteiger partial charge on any atom is 0.233 e. The van der Waals surface area contributed by atoms with E-state index in [1.165, 1.54) is 23.4 Å². The van der Waals surface area contributed by atoms with Crippen molar-refractivity contribution in [3.05, 3.63) is 10.6 Å². The van der Waals surface area contributed by atoms with Crippen LogP contribution in [-0.2, 0) is 17.6 Å². The lowest BCUT2D eigenvalue weighted by Gasteiger charge is -2.35. The molecule has 1 saturated heterocycles. The number of thiazole rings is 1. The van der Waals surface area contributed by atoms with Crippen molar-refractivity contribution in [2.45, 2.75) is 58.3 Å². The minimum absolute atomic E-state index is 0.169. The smallest absolute Gasteiger partial charge is 0.233 e. The highest BCUT2D eigenvalue weighted by atomic mass is 32.1. The predicted molar refractivity (Wildman–Crippen MR) is 86.8 cm³/mol. The van der Waals surface area contributed by atoms with Gasteiger partial charge in [0.25, 0.3) is 0 Å². The first-order chi connectivity index (χ1) is 10.2. The van der Waals surface area contributed by atoms with E-state index in [9.17, 15) is 4.79 Å². The maximum absolute atomic E-state index is 12.8. The van der Waals surface area contributed by atoms with Gasteiger partial charge in [0.2, 0.25) is 5.91 Å². The van der Waals surface area contributed by atoms with Crippen LogP contribution in [0, 0.1) is 5.41 Å². The van der Waals surface area contributed by atoms with E-state index in [-0.39, 0.29) is 11.3 Å². The second kappa shape index (κ2) is 6.44. The Kier molecular flexibility index (Phi) is 4.60. The van der Waals surface area contributed by atoms with Crippen LogP contribution in [0.1, 0.15) is 56.0 Å². The minimum Gasteiger partial charge on any atom is -0.316 e. The third kappa shape index (κ3) is 3.14. The van der Waals surface area contributed by atoms with E-state index in [0.717, 1.165) is 56.7 Å². The van der Waals surface area contributed by atoms with Gasteiger partial charge < -0.3 is 10.6 Å². The molecule has 0 radical (unpaired) electrons. The number of carbonyl (C=O) groups excluding carboxylic acids is 1. The standard InChI is InChI=1S/C16H25N3OS/c1-2-8-16(9-5-10-17-11-16)14(20)19-15-18-12-6-3-4-7-13(12)21-15/h17H,2-11H2,1H3,(H,18,19,20). The fraction of sp³-hybridized carbons (Fsp3) is 0.750. The number of hydrogen-bond donors (Lipinski definition) is 2. The van der Waals surface area contributed by atoms with Crippen molar-refractivity contribution in [2.75, 3.05) is 18.4 Å². The number of fused-ring (bicyclic) bond motifs is 1. The Balaban J connectivity index is 1.73. The van der Waals surface area contributed by atoms with Crippen LogP contribution < -0.4 is 10.6 Å². The van der Waals surface area contributed by atoms with Gasteiger partial charge in [-0.15, -0.1) is 11.3 Å². The van der Waals surface area contributed by atoms with Crippen molar-refractivity contribution in [1.82, 2.24) is 10.3 Å². The molecule has 2 aliphatic rings. The second-order valence-corrected chi connectivity index (χ2v) is 7.44. The molecule has 0 spiro atoms. The first kappa shape index (κ1) is 15.0. The topological polar surface area (TPSA) is 54.0 Å². The number of piperidine rings is 1. The van der Waals surface area contributed by atoms with Gasteiger partial charge in [-0.25, -0.2) is 4.98 Å². The highest BCUT2D eigenvalue weighted by Gasteiger charge is 2.39. The lowest BCUT2D eigenvalue weighted by Crippen LogP contribution is -2.48. The molecule has 1 unspecified atom stereocenters. The summed E-state index contributed by atoms with van der Waals surface area (Å²) in [4.78, 5) is 18.8. The molecule has 0 aromatic carbocycles. The van der Waals surface area contributed by atoms with E-state index in [1.54, 1.807) is 11.3 Å². The largest absolute Gasteiger partial charge is 0.316 e. The molecule has 1 aliphatic heterocycles. The second-order valence-electron chi connectivity index (χ2n) is 6.36. The van der Waals surface area contributed by atoms with Crippen LogP contribution in [0.2, 0.25) is 0 Å². The van der Waals surface area contributed by atoms with E-state index >= 15 is 0 Å².